The standard InChI is InChI=1S/C61H106O6/c1-4-7-10-13-16-18-20-22-24-25-26-27-28-29-30-31-32-33-34-35-37-38-40-42-45-48-51-54-60(63)66-57-58(56-65-59(62)53-50-47-44-15-12-9-6-3)67-61(64)55-52-49-46-43-41-39-36-23-21-19-17-14-11-8-5-2/h8,11,17,19,23,25-26,36,41,43,49,52,58H,4-7,9-10,12-16,18,20-22,24,27-35,37-40,42,44-48,50-51,53-57H2,1-3H3/b11-8-,19-17-,26-25-,36-23-,43-41-,52-49-. The number of carbonyl (C=O) groups excluding carboxylic acids is 3. The predicted molar refractivity (Wildman–Crippen MR) is 288 cm³/mol. The first kappa shape index (κ1) is 63.8. The van der Waals surface area contributed by atoms with Crippen molar-refractivity contribution in [2.45, 2.75) is 284 Å². The maximum Gasteiger partial charge on any atom is 0.310 e. The van der Waals surface area contributed by atoms with Crippen molar-refractivity contribution in [2.75, 3.05) is 13.2 Å². The molecular formula is C61H106O6. The van der Waals surface area contributed by atoms with Crippen molar-refractivity contribution in [3.63, 3.8) is 0 Å². The lowest BCUT2D eigenvalue weighted by Crippen LogP contribution is -2.30. The van der Waals surface area contributed by atoms with Crippen molar-refractivity contribution >= 4 is 17.9 Å². The molecule has 386 valence electrons. The van der Waals surface area contributed by atoms with Crippen LogP contribution in [0.4, 0.5) is 0 Å². The van der Waals surface area contributed by atoms with Crippen LogP contribution >= 0.6 is 0 Å². The lowest BCUT2D eigenvalue weighted by atomic mass is 10.0. The summed E-state index contributed by atoms with van der Waals surface area (Å²) in [6, 6.07) is 0. The van der Waals surface area contributed by atoms with Gasteiger partial charge in [-0.3, -0.25) is 14.4 Å². The van der Waals surface area contributed by atoms with Crippen LogP contribution in [0.15, 0.2) is 72.9 Å². The number of hydrogen-bond donors (Lipinski definition) is 0. The zero-order valence-electron chi connectivity index (χ0n) is 44.2. The van der Waals surface area contributed by atoms with Gasteiger partial charge in [-0.25, -0.2) is 0 Å². The normalized spacial score (nSPS) is 12.6. The number of carbonyl (C=O) groups is 3. The summed E-state index contributed by atoms with van der Waals surface area (Å²) in [5.41, 5.74) is 0. The first-order valence-electron chi connectivity index (χ1n) is 28.4. The van der Waals surface area contributed by atoms with Gasteiger partial charge in [-0.05, 0) is 70.6 Å². The minimum atomic E-state index is -0.825. The van der Waals surface area contributed by atoms with Crippen molar-refractivity contribution in [3.05, 3.63) is 72.9 Å². The number of unbranched alkanes of at least 4 members (excludes halogenated alkanes) is 29. The van der Waals surface area contributed by atoms with Crippen molar-refractivity contribution < 1.29 is 28.6 Å². The van der Waals surface area contributed by atoms with Crippen molar-refractivity contribution in [1.82, 2.24) is 0 Å². The fourth-order valence-electron chi connectivity index (χ4n) is 7.98. The Morgan fingerprint density at radius 3 is 0.970 bits per heavy atom. The van der Waals surface area contributed by atoms with E-state index in [0.717, 1.165) is 70.6 Å². The van der Waals surface area contributed by atoms with Gasteiger partial charge < -0.3 is 14.2 Å². The van der Waals surface area contributed by atoms with E-state index in [-0.39, 0.29) is 31.6 Å². The Morgan fingerprint density at radius 2 is 0.627 bits per heavy atom. The number of ether oxygens (including phenoxy) is 3. The zero-order valence-corrected chi connectivity index (χ0v) is 44.2. The molecule has 0 rings (SSSR count). The Labute approximate surface area is 414 Å². The molecule has 1 atom stereocenters. The van der Waals surface area contributed by atoms with E-state index < -0.39 is 12.1 Å². The van der Waals surface area contributed by atoms with Gasteiger partial charge in [0.2, 0.25) is 0 Å². The summed E-state index contributed by atoms with van der Waals surface area (Å²) >= 11 is 0. The highest BCUT2D eigenvalue weighted by Crippen LogP contribution is 2.16. The van der Waals surface area contributed by atoms with Crippen LogP contribution in [0.5, 0.6) is 0 Å². The molecule has 0 bridgehead atoms. The largest absolute Gasteiger partial charge is 0.462 e. The average Bonchev–Trinajstić information content (AvgIpc) is 3.33. The predicted octanol–water partition coefficient (Wildman–Crippen LogP) is 19.0. The van der Waals surface area contributed by atoms with Gasteiger partial charge >= 0.3 is 17.9 Å². The molecule has 0 fully saturated rings. The summed E-state index contributed by atoms with van der Waals surface area (Å²) in [6.45, 7) is 6.41. The molecule has 0 aliphatic carbocycles. The Balaban J connectivity index is 4.16. The molecule has 0 heterocycles. The highest BCUT2D eigenvalue weighted by Gasteiger charge is 2.19. The van der Waals surface area contributed by atoms with Gasteiger partial charge in [-0.2, -0.15) is 0 Å². The monoisotopic (exact) mass is 935 g/mol. The summed E-state index contributed by atoms with van der Waals surface area (Å²) in [5.74, 6) is -1.04. The first-order valence-corrected chi connectivity index (χ1v) is 28.4. The van der Waals surface area contributed by atoms with Crippen molar-refractivity contribution in [1.29, 1.82) is 0 Å². The van der Waals surface area contributed by atoms with E-state index >= 15 is 0 Å². The summed E-state index contributed by atoms with van der Waals surface area (Å²) in [7, 11) is 0. The highest BCUT2D eigenvalue weighted by atomic mass is 16.6. The number of hydrogen-bond acceptors (Lipinski definition) is 6. The lowest BCUT2D eigenvalue weighted by Gasteiger charge is -2.18. The third kappa shape index (κ3) is 53.7. The molecule has 0 aliphatic heterocycles. The molecule has 0 saturated heterocycles. The Kier molecular flexibility index (Phi) is 52.8. The molecule has 0 amide bonds. The van der Waals surface area contributed by atoms with Crippen LogP contribution in [-0.2, 0) is 28.6 Å². The van der Waals surface area contributed by atoms with Gasteiger partial charge in [-0.15, -0.1) is 0 Å². The number of esters is 3. The summed E-state index contributed by atoms with van der Waals surface area (Å²) < 4.78 is 16.6. The molecule has 0 saturated carbocycles. The molecule has 0 aromatic carbocycles. The third-order valence-electron chi connectivity index (χ3n) is 12.2. The van der Waals surface area contributed by atoms with Gasteiger partial charge in [0.05, 0.1) is 6.42 Å². The van der Waals surface area contributed by atoms with Crippen LogP contribution in [0.2, 0.25) is 0 Å². The molecule has 0 aromatic rings. The van der Waals surface area contributed by atoms with Crippen LogP contribution in [0, 0.1) is 0 Å². The van der Waals surface area contributed by atoms with Gasteiger partial charge in [0, 0.05) is 12.8 Å². The molecular weight excluding hydrogens is 829 g/mol. The van der Waals surface area contributed by atoms with Gasteiger partial charge in [0.1, 0.15) is 13.2 Å². The van der Waals surface area contributed by atoms with Gasteiger partial charge in [-0.1, -0.05) is 261 Å². The number of allylic oxidation sites excluding steroid dienone is 11. The van der Waals surface area contributed by atoms with Gasteiger partial charge in [0.15, 0.2) is 6.10 Å². The Morgan fingerprint density at radius 1 is 0.328 bits per heavy atom. The molecule has 6 nitrogen and oxygen atoms in total. The SMILES string of the molecule is CC/C=C\C/C=C\C/C=C\C/C=C\C/C=C\CC(=O)OC(COC(=O)CCCCCCCCC)COC(=O)CCCCCCCCCCCCCCCCC/C=C\CCCCCCCCCC. The molecule has 6 heteroatoms. The molecule has 0 radical (unpaired) electrons. The van der Waals surface area contributed by atoms with Crippen LogP contribution in [0.3, 0.4) is 0 Å². The molecule has 0 spiro atoms. The fraction of sp³-hybridized carbons (Fsp3) is 0.754. The van der Waals surface area contributed by atoms with E-state index in [4.69, 9.17) is 14.2 Å². The maximum atomic E-state index is 12.7. The Bertz CT molecular complexity index is 1260. The number of rotatable bonds is 51. The molecule has 0 N–H and O–H groups in total. The molecule has 0 aromatic heterocycles. The van der Waals surface area contributed by atoms with E-state index in [1.165, 1.54) is 167 Å². The van der Waals surface area contributed by atoms with E-state index in [1.807, 2.05) is 6.08 Å². The summed E-state index contributed by atoms with van der Waals surface area (Å²) in [5, 5.41) is 0. The van der Waals surface area contributed by atoms with Crippen LogP contribution in [-0.4, -0.2) is 37.2 Å². The topological polar surface area (TPSA) is 78.9 Å². The Hall–Kier alpha value is -3.15. The van der Waals surface area contributed by atoms with Gasteiger partial charge in [0.25, 0.3) is 0 Å². The smallest absolute Gasteiger partial charge is 0.310 e. The first-order chi connectivity index (χ1) is 33.0. The highest BCUT2D eigenvalue weighted by molar-refractivity contribution is 5.72. The zero-order chi connectivity index (χ0) is 48.6. The van der Waals surface area contributed by atoms with Crippen LogP contribution < -0.4 is 0 Å². The van der Waals surface area contributed by atoms with Crippen LogP contribution in [0.1, 0.15) is 278 Å². The minimum Gasteiger partial charge on any atom is -0.462 e. The fourth-order valence-corrected chi connectivity index (χ4v) is 7.98. The van der Waals surface area contributed by atoms with E-state index in [0.29, 0.717) is 12.8 Å². The van der Waals surface area contributed by atoms with E-state index in [2.05, 4.69) is 81.5 Å². The van der Waals surface area contributed by atoms with E-state index in [9.17, 15) is 14.4 Å². The summed E-state index contributed by atoms with van der Waals surface area (Å²) in [4.78, 5) is 37.8. The van der Waals surface area contributed by atoms with Crippen molar-refractivity contribution in [2.24, 2.45) is 0 Å². The van der Waals surface area contributed by atoms with E-state index in [1.54, 1.807) is 6.08 Å². The third-order valence-corrected chi connectivity index (χ3v) is 12.2. The van der Waals surface area contributed by atoms with Crippen molar-refractivity contribution in [3.8, 4) is 0 Å². The molecule has 67 heavy (non-hydrogen) atoms. The molecule has 0 aliphatic rings. The minimum absolute atomic E-state index is 0.0992. The second kappa shape index (κ2) is 55.4. The second-order valence-corrected chi connectivity index (χ2v) is 18.8. The van der Waals surface area contributed by atoms with Crippen LogP contribution in [0.25, 0.3) is 0 Å². The molecule has 1 unspecified atom stereocenters. The quantitative estimate of drug-likeness (QED) is 0.0262. The summed E-state index contributed by atoms with van der Waals surface area (Å²) in [6.07, 6.45) is 71.0. The maximum absolute atomic E-state index is 12.7. The average molecular weight is 936 g/mol. The lowest BCUT2D eigenvalue weighted by molar-refractivity contribution is -0.166. The second-order valence-electron chi connectivity index (χ2n) is 18.8.